The molecule has 234 valence electrons. The van der Waals surface area contributed by atoms with Gasteiger partial charge in [-0.05, 0) is 54.2 Å². The fourth-order valence-corrected chi connectivity index (χ4v) is 6.60. The number of fused-ring (bicyclic) bond motifs is 2. The number of hydrogen-bond donors (Lipinski definition) is 2. The van der Waals surface area contributed by atoms with Crippen LogP contribution in [0.2, 0.25) is 0 Å². The highest BCUT2D eigenvalue weighted by molar-refractivity contribution is 5.83. The van der Waals surface area contributed by atoms with Crippen molar-refractivity contribution in [3.8, 4) is 0 Å². The van der Waals surface area contributed by atoms with Crippen LogP contribution in [0.25, 0.3) is 0 Å². The third kappa shape index (κ3) is 6.46. The normalized spacial score (nSPS) is 23.8. The van der Waals surface area contributed by atoms with E-state index in [-0.39, 0.29) is 24.1 Å². The standard InChI is InChI=1S/C32H31F6N3O3/c1-20(42)39-40-29(43)26-17-30(23-10-6-3-7-11-23)28(13-12-27(26)41(30)18-21-8-4-2-5-9-21)44-19-22-14-24(31(33,34)35)16-25(15-22)32(36,37)38/h2-11,14-16,26-28H,12-13,17-19H2,1H3,(H,39,42)(H,40,43)/t26-,27+,28-,30-/m1/s1. The maximum Gasteiger partial charge on any atom is 0.416 e. The molecule has 0 saturated carbocycles. The van der Waals surface area contributed by atoms with Gasteiger partial charge in [0.15, 0.2) is 0 Å². The number of rotatable bonds is 7. The van der Waals surface area contributed by atoms with Crippen LogP contribution in [0.1, 0.15) is 54.0 Å². The van der Waals surface area contributed by atoms with Crippen LogP contribution in [0.3, 0.4) is 0 Å². The molecule has 2 bridgehead atoms. The number of carbonyl (C=O) groups is 2. The average Bonchev–Trinajstić information content (AvgIpc) is 3.19. The van der Waals surface area contributed by atoms with E-state index in [0.717, 1.165) is 11.1 Å². The van der Waals surface area contributed by atoms with E-state index in [2.05, 4.69) is 15.8 Å². The molecule has 0 aliphatic carbocycles. The van der Waals surface area contributed by atoms with Gasteiger partial charge in [-0.15, -0.1) is 0 Å². The first-order valence-corrected chi connectivity index (χ1v) is 14.1. The van der Waals surface area contributed by atoms with Crippen molar-refractivity contribution in [2.45, 2.75) is 69.4 Å². The van der Waals surface area contributed by atoms with Gasteiger partial charge in [-0.25, -0.2) is 0 Å². The van der Waals surface area contributed by atoms with E-state index >= 15 is 0 Å². The van der Waals surface area contributed by atoms with E-state index in [9.17, 15) is 35.9 Å². The Morgan fingerprint density at radius 1 is 0.841 bits per heavy atom. The fourth-order valence-electron chi connectivity index (χ4n) is 6.60. The molecule has 3 aromatic rings. The Hall–Kier alpha value is -3.90. The van der Waals surface area contributed by atoms with Crippen LogP contribution < -0.4 is 10.9 Å². The van der Waals surface area contributed by atoms with Crippen LogP contribution in [0.4, 0.5) is 26.3 Å². The number of hydrogen-bond acceptors (Lipinski definition) is 4. The van der Waals surface area contributed by atoms with Crippen LogP contribution >= 0.6 is 0 Å². The molecule has 6 nitrogen and oxygen atoms in total. The Labute approximate surface area is 250 Å². The summed E-state index contributed by atoms with van der Waals surface area (Å²) < 4.78 is 87.6. The second-order valence-electron chi connectivity index (χ2n) is 11.2. The van der Waals surface area contributed by atoms with Crippen molar-refractivity contribution < 1.29 is 40.7 Å². The zero-order valence-corrected chi connectivity index (χ0v) is 23.7. The van der Waals surface area contributed by atoms with Crippen molar-refractivity contribution in [2.24, 2.45) is 5.92 Å². The number of ether oxygens (including phenoxy) is 1. The number of carbonyl (C=O) groups excluding carboxylic acids is 2. The van der Waals surface area contributed by atoms with Crippen LogP contribution in [-0.2, 0) is 45.4 Å². The molecule has 12 heteroatoms. The zero-order valence-electron chi connectivity index (χ0n) is 23.7. The molecule has 44 heavy (non-hydrogen) atoms. The summed E-state index contributed by atoms with van der Waals surface area (Å²) in [4.78, 5) is 27.1. The molecular formula is C32H31F6N3O3. The van der Waals surface area contributed by atoms with E-state index in [4.69, 9.17) is 4.74 Å². The lowest BCUT2D eigenvalue weighted by Crippen LogP contribution is -2.56. The van der Waals surface area contributed by atoms with Gasteiger partial charge in [0, 0.05) is 19.5 Å². The van der Waals surface area contributed by atoms with Crippen molar-refractivity contribution in [1.82, 2.24) is 15.8 Å². The Bertz CT molecular complexity index is 1450. The molecule has 0 aromatic heterocycles. The first-order chi connectivity index (χ1) is 20.8. The third-order valence-corrected chi connectivity index (χ3v) is 8.43. The molecule has 2 heterocycles. The quantitative estimate of drug-likeness (QED) is 0.239. The smallest absolute Gasteiger partial charge is 0.371 e. The molecular weight excluding hydrogens is 588 g/mol. The zero-order chi connectivity index (χ0) is 31.7. The summed E-state index contributed by atoms with van der Waals surface area (Å²) in [5.74, 6) is -1.43. The largest absolute Gasteiger partial charge is 0.416 e. The molecule has 0 unspecified atom stereocenters. The molecule has 3 aromatic carbocycles. The molecule has 4 atom stereocenters. The summed E-state index contributed by atoms with van der Waals surface area (Å²) >= 11 is 0. The first-order valence-electron chi connectivity index (χ1n) is 14.1. The molecule has 2 amide bonds. The van der Waals surface area contributed by atoms with E-state index in [1.165, 1.54) is 6.92 Å². The van der Waals surface area contributed by atoms with Crippen LogP contribution in [0.5, 0.6) is 0 Å². The molecule has 0 radical (unpaired) electrons. The number of nitrogens with one attached hydrogen (secondary N) is 2. The van der Waals surface area contributed by atoms with Crippen molar-refractivity contribution >= 4 is 11.8 Å². The fraction of sp³-hybridized carbons (Fsp3) is 0.375. The molecule has 2 saturated heterocycles. The van der Waals surface area contributed by atoms with Crippen molar-refractivity contribution in [3.63, 3.8) is 0 Å². The van der Waals surface area contributed by atoms with Crippen LogP contribution in [-0.4, -0.2) is 28.9 Å². The van der Waals surface area contributed by atoms with Gasteiger partial charge in [0.25, 0.3) is 0 Å². The molecule has 2 N–H and O–H groups in total. The van der Waals surface area contributed by atoms with E-state index < -0.39 is 59.5 Å². The molecule has 2 fully saturated rings. The van der Waals surface area contributed by atoms with E-state index in [1.807, 2.05) is 60.7 Å². The summed E-state index contributed by atoms with van der Waals surface area (Å²) in [6.45, 7) is 1.17. The highest BCUT2D eigenvalue weighted by Crippen LogP contribution is 2.55. The first kappa shape index (κ1) is 31.5. The number of amides is 2. The van der Waals surface area contributed by atoms with Crippen LogP contribution in [0, 0.1) is 5.92 Å². The summed E-state index contributed by atoms with van der Waals surface area (Å²) in [5.41, 5.74) is 2.55. The van der Waals surface area contributed by atoms with Gasteiger partial charge in [-0.3, -0.25) is 25.3 Å². The predicted octanol–water partition coefficient (Wildman–Crippen LogP) is 6.36. The third-order valence-electron chi connectivity index (χ3n) is 8.43. The van der Waals surface area contributed by atoms with Gasteiger partial charge in [-0.1, -0.05) is 60.7 Å². The summed E-state index contributed by atoms with van der Waals surface area (Å²) in [5, 5.41) is 0. The van der Waals surface area contributed by atoms with Gasteiger partial charge in [0.1, 0.15) is 0 Å². The van der Waals surface area contributed by atoms with Gasteiger partial charge in [-0.2, -0.15) is 26.3 Å². The SMILES string of the molecule is CC(=O)NNC(=O)[C@@H]1C[C@@]2(c3ccccc3)[C@H](OCc3cc(C(F)(F)F)cc(C(F)(F)F)c3)CC[C@@H]1N2Cc1ccccc1. The lowest BCUT2D eigenvalue weighted by atomic mass is 9.78. The van der Waals surface area contributed by atoms with E-state index in [0.29, 0.717) is 31.5 Å². The van der Waals surface area contributed by atoms with Gasteiger partial charge in [0.05, 0.1) is 35.3 Å². The lowest BCUT2D eigenvalue weighted by Gasteiger charge is -2.50. The van der Waals surface area contributed by atoms with E-state index in [1.54, 1.807) is 0 Å². The monoisotopic (exact) mass is 619 g/mol. The number of alkyl halides is 6. The summed E-state index contributed by atoms with van der Waals surface area (Å²) in [6, 6.07) is 20.0. The Kier molecular flexibility index (Phi) is 8.77. The lowest BCUT2D eigenvalue weighted by molar-refractivity contribution is -0.143. The minimum atomic E-state index is -4.98. The van der Waals surface area contributed by atoms with Gasteiger partial charge < -0.3 is 4.74 Å². The Morgan fingerprint density at radius 2 is 1.43 bits per heavy atom. The molecule has 2 aliphatic rings. The number of nitrogens with zero attached hydrogens (tertiary/aromatic N) is 1. The topological polar surface area (TPSA) is 70.7 Å². The maximum atomic E-state index is 13.5. The average molecular weight is 620 g/mol. The summed E-state index contributed by atoms with van der Waals surface area (Å²) in [6.07, 6.45) is -9.52. The second-order valence-corrected chi connectivity index (χ2v) is 11.2. The Morgan fingerprint density at radius 3 is 2.00 bits per heavy atom. The molecule has 5 rings (SSSR count). The molecule has 2 aliphatic heterocycles. The van der Waals surface area contributed by atoms with Crippen LogP contribution in [0.15, 0.2) is 78.9 Å². The number of halogens is 6. The highest BCUT2D eigenvalue weighted by Gasteiger charge is 2.61. The van der Waals surface area contributed by atoms with Crippen molar-refractivity contribution in [1.29, 1.82) is 0 Å². The minimum Gasteiger partial charge on any atom is -0.371 e. The second kappa shape index (κ2) is 12.2. The maximum absolute atomic E-state index is 13.5. The number of hydrazine groups is 1. The minimum absolute atomic E-state index is 0.0943. The van der Waals surface area contributed by atoms with Crippen molar-refractivity contribution in [2.75, 3.05) is 0 Å². The van der Waals surface area contributed by atoms with Gasteiger partial charge >= 0.3 is 12.4 Å². The van der Waals surface area contributed by atoms with Crippen molar-refractivity contribution in [3.05, 3.63) is 107 Å². The Balaban J connectivity index is 1.55. The predicted molar refractivity (Wildman–Crippen MR) is 148 cm³/mol. The van der Waals surface area contributed by atoms with Gasteiger partial charge in [0.2, 0.25) is 11.8 Å². The number of benzene rings is 3. The number of piperidine rings is 1. The highest BCUT2D eigenvalue weighted by atomic mass is 19.4. The summed E-state index contributed by atoms with van der Waals surface area (Å²) in [7, 11) is 0. The molecule has 0 spiro atoms.